The van der Waals surface area contributed by atoms with Gasteiger partial charge in [0.15, 0.2) is 5.65 Å². The van der Waals surface area contributed by atoms with Crippen molar-refractivity contribution in [2.24, 2.45) is 5.41 Å². The molecule has 0 aliphatic carbocycles. The quantitative estimate of drug-likeness (QED) is 0.682. The number of carbonyl (C=O) groups is 2. The topological polar surface area (TPSA) is 91.6 Å². The molecule has 2 aromatic heterocycles. The van der Waals surface area contributed by atoms with Gasteiger partial charge in [-0.15, -0.1) is 0 Å². The average molecular weight is 434 g/mol. The normalized spacial score (nSPS) is 20.8. The number of likely N-dealkylation sites (N-methyl/N-ethyl adjacent to an activating group) is 1. The van der Waals surface area contributed by atoms with Gasteiger partial charge in [-0.3, -0.25) is 9.59 Å². The predicted molar refractivity (Wildman–Crippen MR) is 119 cm³/mol. The van der Waals surface area contributed by atoms with E-state index in [9.17, 15) is 14.7 Å². The van der Waals surface area contributed by atoms with Gasteiger partial charge in [-0.05, 0) is 30.9 Å². The highest BCUT2D eigenvalue weighted by Crippen LogP contribution is 2.40. The number of carbonyl (C=O) groups excluding carboxylic acids is 2. The van der Waals surface area contributed by atoms with E-state index in [0.717, 1.165) is 11.2 Å². The van der Waals surface area contributed by atoms with Crippen LogP contribution < -0.4 is 0 Å². The van der Waals surface area contributed by atoms with Crippen molar-refractivity contribution in [2.45, 2.75) is 31.9 Å². The largest absolute Gasteiger partial charge is 0.391 e. The molecule has 1 unspecified atom stereocenters. The third-order valence-electron chi connectivity index (χ3n) is 6.82. The first-order chi connectivity index (χ1) is 15.4. The number of β-amino-alcohol motifs (C(OH)–C–C–N with tert-alkyl or cyclic N) is 1. The lowest BCUT2D eigenvalue weighted by molar-refractivity contribution is -0.154. The summed E-state index contributed by atoms with van der Waals surface area (Å²) in [4.78, 5) is 38.3. The summed E-state index contributed by atoms with van der Waals surface area (Å²) in [7, 11) is 1.74. The van der Waals surface area contributed by atoms with Gasteiger partial charge < -0.3 is 19.5 Å². The number of pyridine rings is 1. The van der Waals surface area contributed by atoms with Crippen LogP contribution in [-0.4, -0.2) is 74.0 Å². The number of rotatable bonds is 3. The van der Waals surface area contributed by atoms with Gasteiger partial charge in [-0.2, -0.15) is 0 Å². The van der Waals surface area contributed by atoms with Crippen molar-refractivity contribution in [1.29, 1.82) is 0 Å². The molecule has 2 amide bonds. The zero-order chi connectivity index (χ0) is 22.3. The van der Waals surface area contributed by atoms with Gasteiger partial charge >= 0.3 is 0 Å². The van der Waals surface area contributed by atoms with Crippen molar-refractivity contribution in [3.05, 3.63) is 60.0 Å². The summed E-state index contributed by atoms with van der Waals surface area (Å²) in [5.74, 6) is -0.00837. The SMILES string of the molecule is CN1CC(O)CC2(CCN(C(=O)c3cnc4c(c3)ncn4Cc3ccccc3)CC2)C1=O. The maximum Gasteiger partial charge on any atom is 0.255 e. The molecule has 2 saturated heterocycles. The van der Waals surface area contributed by atoms with Gasteiger partial charge in [0, 0.05) is 32.9 Å². The zero-order valence-electron chi connectivity index (χ0n) is 18.1. The number of piperidine rings is 2. The second-order valence-electron chi connectivity index (χ2n) is 9.04. The first-order valence-corrected chi connectivity index (χ1v) is 11.0. The van der Waals surface area contributed by atoms with Gasteiger partial charge in [0.2, 0.25) is 5.91 Å². The molecule has 1 atom stereocenters. The first kappa shape index (κ1) is 20.6. The molecule has 0 bridgehead atoms. The van der Waals surface area contributed by atoms with Crippen molar-refractivity contribution in [2.75, 3.05) is 26.7 Å². The number of imidazole rings is 1. The van der Waals surface area contributed by atoms with Crippen LogP contribution in [0, 0.1) is 5.41 Å². The van der Waals surface area contributed by atoms with Crippen LogP contribution in [0.3, 0.4) is 0 Å². The molecule has 8 nitrogen and oxygen atoms in total. The number of aliphatic hydroxyl groups excluding tert-OH is 1. The van der Waals surface area contributed by atoms with E-state index in [2.05, 4.69) is 22.1 Å². The molecule has 2 aliphatic rings. The first-order valence-electron chi connectivity index (χ1n) is 11.0. The van der Waals surface area contributed by atoms with E-state index in [4.69, 9.17) is 0 Å². The summed E-state index contributed by atoms with van der Waals surface area (Å²) in [6.07, 6.45) is 4.48. The minimum atomic E-state index is -0.554. The summed E-state index contributed by atoms with van der Waals surface area (Å²) in [6, 6.07) is 11.9. The Kier molecular flexibility index (Phi) is 5.17. The van der Waals surface area contributed by atoms with E-state index in [1.54, 1.807) is 35.4 Å². The highest BCUT2D eigenvalue weighted by atomic mass is 16.3. The Morgan fingerprint density at radius 3 is 2.69 bits per heavy atom. The van der Waals surface area contributed by atoms with E-state index >= 15 is 0 Å². The highest BCUT2D eigenvalue weighted by molar-refractivity contribution is 5.96. The maximum atomic E-state index is 13.1. The fraction of sp³-hybridized carbons (Fsp3) is 0.417. The molecule has 3 aromatic rings. The Balaban J connectivity index is 1.30. The molecular weight excluding hydrogens is 406 g/mol. The van der Waals surface area contributed by atoms with E-state index in [-0.39, 0.29) is 11.8 Å². The molecule has 166 valence electrons. The second kappa shape index (κ2) is 8.02. The summed E-state index contributed by atoms with van der Waals surface area (Å²) in [6.45, 7) is 2.03. The Bertz CT molecular complexity index is 1150. The average Bonchev–Trinajstić information content (AvgIpc) is 3.20. The Labute approximate surface area is 186 Å². The van der Waals surface area contributed by atoms with E-state index < -0.39 is 11.5 Å². The van der Waals surface area contributed by atoms with Gasteiger partial charge in [-0.25, -0.2) is 9.97 Å². The summed E-state index contributed by atoms with van der Waals surface area (Å²) in [5.41, 5.74) is 2.54. The van der Waals surface area contributed by atoms with Crippen LogP contribution in [0.25, 0.3) is 11.2 Å². The fourth-order valence-electron chi connectivity index (χ4n) is 5.11. The number of fused-ring (bicyclic) bond motifs is 1. The number of aliphatic hydroxyl groups is 1. The van der Waals surface area contributed by atoms with Crippen LogP contribution in [0.2, 0.25) is 0 Å². The number of likely N-dealkylation sites (tertiary alicyclic amines) is 2. The van der Waals surface area contributed by atoms with E-state index in [1.165, 1.54) is 0 Å². The van der Waals surface area contributed by atoms with Crippen molar-refractivity contribution in [3.63, 3.8) is 0 Å². The fourth-order valence-corrected chi connectivity index (χ4v) is 5.11. The van der Waals surface area contributed by atoms with Crippen LogP contribution >= 0.6 is 0 Å². The summed E-state index contributed by atoms with van der Waals surface area (Å²) in [5, 5.41) is 10.2. The molecule has 1 aromatic carbocycles. The lowest BCUT2D eigenvalue weighted by Crippen LogP contribution is -2.56. The molecule has 32 heavy (non-hydrogen) atoms. The number of benzene rings is 1. The Hall–Kier alpha value is -3.26. The predicted octanol–water partition coefficient (Wildman–Crippen LogP) is 1.92. The lowest BCUT2D eigenvalue weighted by atomic mass is 9.71. The number of hydrogen-bond acceptors (Lipinski definition) is 5. The molecular formula is C24H27N5O3. The van der Waals surface area contributed by atoms with Crippen molar-refractivity contribution < 1.29 is 14.7 Å². The molecule has 5 rings (SSSR count). The van der Waals surface area contributed by atoms with E-state index in [0.29, 0.717) is 56.5 Å². The molecule has 8 heteroatoms. The summed E-state index contributed by atoms with van der Waals surface area (Å²) < 4.78 is 1.97. The molecule has 0 saturated carbocycles. The second-order valence-corrected chi connectivity index (χ2v) is 9.04. The smallest absolute Gasteiger partial charge is 0.255 e. The summed E-state index contributed by atoms with van der Waals surface area (Å²) >= 11 is 0. The minimum absolute atomic E-state index is 0.0851. The van der Waals surface area contributed by atoms with E-state index in [1.807, 2.05) is 22.8 Å². The van der Waals surface area contributed by atoms with Gasteiger partial charge in [0.05, 0.1) is 30.0 Å². The minimum Gasteiger partial charge on any atom is -0.391 e. The number of nitrogens with zero attached hydrogens (tertiary/aromatic N) is 5. The number of hydrogen-bond donors (Lipinski definition) is 1. The van der Waals surface area contributed by atoms with Crippen LogP contribution in [0.4, 0.5) is 0 Å². The standard InChI is InChI=1S/C24H27N5O3/c1-27-15-19(30)12-24(23(27)32)7-9-28(10-8-24)22(31)18-11-20-21(25-13-18)29(16-26-20)14-17-5-3-2-4-6-17/h2-6,11,13,16,19,30H,7-10,12,14-15H2,1H3. The van der Waals surface area contributed by atoms with Crippen LogP contribution in [0.1, 0.15) is 35.2 Å². The van der Waals surface area contributed by atoms with Gasteiger partial charge in [0.1, 0.15) is 5.52 Å². The van der Waals surface area contributed by atoms with Gasteiger partial charge in [0.25, 0.3) is 5.91 Å². The zero-order valence-corrected chi connectivity index (χ0v) is 18.1. The third-order valence-corrected chi connectivity index (χ3v) is 6.82. The maximum absolute atomic E-state index is 13.1. The molecule has 1 N–H and O–H groups in total. The van der Waals surface area contributed by atoms with Crippen molar-refractivity contribution in [3.8, 4) is 0 Å². The van der Waals surface area contributed by atoms with Crippen molar-refractivity contribution in [1.82, 2.24) is 24.3 Å². The molecule has 2 fully saturated rings. The Morgan fingerprint density at radius 1 is 1.19 bits per heavy atom. The molecule has 2 aliphatic heterocycles. The van der Waals surface area contributed by atoms with Crippen molar-refractivity contribution >= 4 is 23.0 Å². The molecule has 4 heterocycles. The highest BCUT2D eigenvalue weighted by Gasteiger charge is 2.48. The van der Waals surface area contributed by atoms with Gasteiger partial charge in [-0.1, -0.05) is 30.3 Å². The van der Waals surface area contributed by atoms with Crippen LogP contribution in [0.5, 0.6) is 0 Å². The molecule has 0 radical (unpaired) electrons. The van der Waals surface area contributed by atoms with Crippen LogP contribution in [0.15, 0.2) is 48.9 Å². The monoisotopic (exact) mass is 433 g/mol. The number of amides is 2. The third kappa shape index (κ3) is 3.64. The lowest BCUT2D eigenvalue weighted by Gasteiger charge is -2.46. The number of aromatic nitrogens is 3. The van der Waals surface area contributed by atoms with Crippen LogP contribution in [-0.2, 0) is 11.3 Å². The Morgan fingerprint density at radius 2 is 1.94 bits per heavy atom. The molecule has 1 spiro atoms.